The first-order chi connectivity index (χ1) is 8.29. The summed E-state index contributed by atoms with van der Waals surface area (Å²) in [4.78, 5) is 2.45. The first-order valence-corrected chi connectivity index (χ1v) is 6.39. The Kier molecular flexibility index (Phi) is 2.83. The average Bonchev–Trinajstić information content (AvgIpc) is 2.74. The molecule has 0 aromatic carbocycles. The Bertz CT molecular complexity index is 319. The van der Waals surface area contributed by atoms with E-state index in [-0.39, 0.29) is 11.3 Å². The van der Waals surface area contributed by atoms with E-state index >= 15 is 0 Å². The third-order valence-corrected chi connectivity index (χ3v) is 4.33. The molecule has 0 aromatic heterocycles. The van der Waals surface area contributed by atoms with E-state index in [1.807, 2.05) is 0 Å². The normalized spacial score (nSPS) is 31.0. The van der Waals surface area contributed by atoms with E-state index in [1.165, 1.54) is 0 Å². The van der Waals surface area contributed by atoms with Crippen molar-refractivity contribution in [2.24, 2.45) is 0 Å². The molecule has 0 aliphatic carbocycles. The highest BCUT2D eigenvalue weighted by Crippen LogP contribution is 2.35. The third-order valence-electron chi connectivity index (χ3n) is 4.33. The second-order valence-corrected chi connectivity index (χ2v) is 5.26. The van der Waals surface area contributed by atoms with Crippen LogP contribution in [0.15, 0.2) is 0 Å². The second-order valence-electron chi connectivity index (χ2n) is 5.26. The lowest BCUT2D eigenvalue weighted by molar-refractivity contribution is -0.194. The van der Waals surface area contributed by atoms with Gasteiger partial charge in [-0.3, -0.25) is 4.90 Å². The van der Waals surface area contributed by atoms with E-state index < -0.39 is 0 Å². The van der Waals surface area contributed by atoms with Gasteiger partial charge >= 0.3 is 0 Å². The maximum Gasteiger partial charge on any atom is 0.170 e. The number of hydrogen-bond donors (Lipinski definition) is 1. The fourth-order valence-electron chi connectivity index (χ4n) is 3.13. The molecule has 3 aliphatic rings. The van der Waals surface area contributed by atoms with Crippen LogP contribution in [0.4, 0.5) is 0 Å². The average molecular weight is 237 g/mol. The zero-order valence-electron chi connectivity index (χ0n) is 10.1. The van der Waals surface area contributed by atoms with Gasteiger partial charge in [0.25, 0.3) is 0 Å². The molecule has 0 amide bonds. The zero-order valence-corrected chi connectivity index (χ0v) is 10.1. The van der Waals surface area contributed by atoms with E-state index in [0.717, 1.165) is 52.2 Å². The van der Waals surface area contributed by atoms with Crippen molar-refractivity contribution < 1.29 is 9.47 Å². The molecule has 3 fully saturated rings. The van der Waals surface area contributed by atoms with Crippen molar-refractivity contribution in [2.45, 2.75) is 30.6 Å². The van der Waals surface area contributed by atoms with Crippen LogP contribution in [0.5, 0.6) is 0 Å². The Labute approximate surface area is 102 Å². The van der Waals surface area contributed by atoms with Crippen LogP contribution in [0.25, 0.3) is 0 Å². The number of hydrogen-bond acceptors (Lipinski definition) is 5. The largest absolute Gasteiger partial charge is 0.347 e. The van der Waals surface area contributed by atoms with E-state index in [4.69, 9.17) is 14.7 Å². The van der Waals surface area contributed by atoms with Gasteiger partial charge in [0.1, 0.15) is 0 Å². The van der Waals surface area contributed by atoms with Crippen LogP contribution in [-0.4, -0.2) is 55.6 Å². The summed E-state index contributed by atoms with van der Waals surface area (Å²) in [6.07, 6.45) is 2.48. The van der Waals surface area contributed by atoms with Crippen LogP contribution in [0.3, 0.4) is 0 Å². The minimum absolute atomic E-state index is 0.0783. The SMILES string of the molecule is N#CCC1(N2CCC3(CC2)OCCO3)CNC1. The number of likely N-dealkylation sites (tertiary alicyclic amines) is 1. The summed E-state index contributed by atoms with van der Waals surface area (Å²) >= 11 is 0. The standard InChI is InChI=1S/C12H19N3O2/c13-4-1-11(9-14-10-11)15-5-2-12(3-6-15)16-7-8-17-12/h14H,1-3,5-10H2. The van der Waals surface area contributed by atoms with Crippen molar-refractivity contribution in [1.29, 1.82) is 5.26 Å². The Morgan fingerprint density at radius 2 is 1.82 bits per heavy atom. The highest BCUT2D eigenvalue weighted by atomic mass is 16.7. The lowest BCUT2D eigenvalue weighted by atomic mass is 9.84. The Morgan fingerprint density at radius 3 is 2.29 bits per heavy atom. The van der Waals surface area contributed by atoms with Crippen LogP contribution in [0.1, 0.15) is 19.3 Å². The fraction of sp³-hybridized carbons (Fsp3) is 0.917. The molecule has 1 N–H and O–H groups in total. The van der Waals surface area contributed by atoms with Gasteiger partial charge in [0.05, 0.1) is 31.2 Å². The van der Waals surface area contributed by atoms with Gasteiger partial charge in [-0.2, -0.15) is 5.26 Å². The zero-order chi connectivity index (χ0) is 11.8. The number of piperidine rings is 1. The molecule has 5 nitrogen and oxygen atoms in total. The Morgan fingerprint density at radius 1 is 1.18 bits per heavy atom. The van der Waals surface area contributed by atoms with Crippen LogP contribution >= 0.6 is 0 Å². The maximum atomic E-state index is 8.95. The molecule has 0 bridgehead atoms. The third kappa shape index (κ3) is 1.85. The molecule has 1 spiro atoms. The summed E-state index contributed by atoms with van der Waals surface area (Å²) in [5.74, 6) is -0.304. The summed E-state index contributed by atoms with van der Waals surface area (Å²) in [5, 5.41) is 12.2. The highest BCUT2D eigenvalue weighted by Gasteiger charge is 2.48. The molecule has 17 heavy (non-hydrogen) atoms. The first-order valence-electron chi connectivity index (χ1n) is 6.39. The van der Waals surface area contributed by atoms with Crippen molar-refractivity contribution >= 4 is 0 Å². The van der Waals surface area contributed by atoms with Gasteiger partial charge in [-0.1, -0.05) is 0 Å². The maximum absolute atomic E-state index is 8.95. The molecule has 0 unspecified atom stereocenters. The van der Waals surface area contributed by atoms with Crippen molar-refractivity contribution in [3.05, 3.63) is 0 Å². The lowest BCUT2D eigenvalue weighted by Crippen LogP contribution is -2.70. The van der Waals surface area contributed by atoms with Crippen LogP contribution in [0, 0.1) is 11.3 Å². The number of nitrogens with zero attached hydrogens (tertiary/aromatic N) is 2. The minimum Gasteiger partial charge on any atom is -0.347 e. The van der Waals surface area contributed by atoms with Gasteiger partial charge in [-0.25, -0.2) is 0 Å². The van der Waals surface area contributed by atoms with Gasteiger partial charge in [0.2, 0.25) is 0 Å². The number of rotatable bonds is 2. The number of nitrogens with one attached hydrogen (secondary N) is 1. The van der Waals surface area contributed by atoms with Crippen LogP contribution in [0.2, 0.25) is 0 Å². The van der Waals surface area contributed by atoms with E-state index in [2.05, 4.69) is 16.3 Å². The minimum atomic E-state index is -0.304. The molecule has 3 saturated heterocycles. The molecule has 3 rings (SSSR count). The second kappa shape index (κ2) is 4.21. The summed E-state index contributed by atoms with van der Waals surface area (Å²) in [5.41, 5.74) is 0.0783. The van der Waals surface area contributed by atoms with Crippen LogP contribution in [-0.2, 0) is 9.47 Å². The van der Waals surface area contributed by atoms with Crippen molar-refractivity contribution in [2.75, 3.05) is 39.4 Å². The lowest BCUT2D eigenvalue weighted by Gasteiger charge is -2.52. The molecule has 0 atom stereocenters. The number of ether oxygens (including phenoxy) is 2. The Balaban J connectivity index is 1.62. The van der Waals surface area contributed by atoms with Crippen molar-refractivity contribution in [3.63, 3.8) is 0 Å². The summed E-state index contributed by atoms with van der Waals surface area (Å²) in [7, 11) is 0. The topological polar surface area (TPSA) is 57.5 Å². The predicted octanol–water partition coefficient (Wildman–Crippen LogP) is 0.0810. The van der Waals surface area contributed by atoms with Gasteiger partial charge in [-0.05, 0) is 0 Å². The fourth-order valence-corrected chi connectivity index (χ4v) is 3.13. The molecule has 0 radical (unpaired) electrons. The molecule has 3 aliphatic heterocycles. The smallest absolute Gasteiger partial charge is 0.170 e. The Hall–Kier alpha value is -0.670. The summed E-state index contributed by atoms with van der Waals surface area (Å²) < 4.78 is 11.4. The van der Waals surface area contributed by atoms with Gasteiger partial charge < -0.3 is 14.8 Å². The van der Waals surface area contributed by atoms with E-state index in [0.29, 0.717) is 6.42 Å². The van der Waals surface area contributed by atoms with Crippen molar-refractivity contribution in [3.8, 4) is 6.07 Å². The number of nitriles is 1. The van der Waals surface area contributed by atoms with Gasteiger partial charge in [0, 0.05) is 39.0 Å². The molecule has 0 saturated carbocycles. The molecular weight excluding hydrogens is 218 g/mol. The predicted molar refractivity (Wildman–Crippen MR) is 61.3 cm³/mol. The van der Waals surface area contributed by atoms with Crippen LogP contribution < -0.4 is 5.32 Å². The van der Waals surface area contributed by atoms with Crippen molar-refractivity contribution in [1.82, 2.24) is 10.2 Å². The molecule has 0 aromatic rings. The summed E-state index contributed by atoms with van der Waals surface area (Å²) in [6, 6.07) is 2.32. The molecule has 94 valence electrons. The van der Waals surface area contributed by atoms with Gasteiger partial charge in [0.15, 0.2) is 5.79 Å². The quantitative estimate of drug-likeness (QED) is 0.737. The summed E-state index contributed by atoms with van der Waals surface area (Å²) in [6.45, 7) is 5.28. The first kappa shape index (κ1) is 11.4. The van der Waals surface area contributed by atoms with E-state index in [1.54, 1.807) is 0 Å². The highest BCUT2D eigenvalue weighted by molar-refractivity contribution is 5.08. The molecular formula is C12H19N3O2. The van der Waals surface area contributed by atoms with E-state index in [9.17, 15) is 0 Å². The molecule has 5 heteroatoms. The monoisotopic (exact) mass is 237 g/mol. The van der Waals surface area contributed by atoms with Gasteiger partial charge in [-0.15, -0.1) is 0 Å². The molecule has 3 heterocycles.